The van der Waals surface area contributed by atoms with E-state index in [2.05, 4.69) is 10.8 Å². The zero-order valence-corrected chi connectivity index (χ0v) is 18.0. The lowest BCUT2D eigenvalue weighted by Gasteiger charge is -2.25. The lowest BCUT2D eigenvalue weighted by Crippen LogP contribution is -2.55. The lowest BCUT2D eigenvalue weighted by molar-refractivity contribution is -0.164. The summed E-state index contributed by atoms with van der Waals surface area (Å²) < 4.78 is 5.47. The summed E-state index contributed by atoms with van der Waals surface area (Å²) in [7, 11) is 0. The molecule has 1 fully saturated rings. The van der Waals surface area contributed by atoms with Crippen molar-refractivity contribution in [2.24, 2.45) is 5.92 Å². The molecular formula is C24H26N2O6. The van der Waals surface area contributed by atoms with Crippen LogP contribution in [0.15, 0.2) is 48.5 Å². The van der Waals surface area contributed by atoms with Gasteiger partial charge in [0.15, 0.2) is 6.10 Å². The van der Waals surface area contributed by atoms with Crippen LogP contribution in [0.5, 0.6) is 0 Å². The number of hydrogen-bond acceptors (Lipinski definition) is 5. The summed E-state index contributed by atoms with van der Waals surface area (Å²) in [5.41, 5.74) is 5.22. The van der Waals surface area contributed by atoms with Crippen LogP contribution in [-0.4, -0.2) is 41.3 Å². The maximum atomic E-state index is 12.5. The number of benzene rings is 2. The highest BCUT2D eigenvalue weighted by atomic mass is 16.7. The highest BCUT2D eigenvalue weighted by molar-refractivity contribution is 5.88. The van der Waals surface area contributed by atoms with Crippen molar-refractivity contribution in [2.45, 2.75) is 44.2 Å². The van der Waals surface area contributed by atoms with Crippen LogP contribution in [0.2, 0.25) is 0 Å². The molecule has 2 aromatic carbocycles. The minimum atomic E-state index is -1.37. The second kappa shape index (κ2) is 8.63. The first-order valence-electron chi connectivity index (χ1n) is 10.6. The predicted octanol–water partition coefficient (Wildman–Crippen LogP) is 3.21. The van der Waals surface area contributed by atoms with Crippen LogP contribution in [0, 0.1) is 5.92 Å². The molecular weight excluding hydrogens is 412 g/mol. The van der Waals surface area contributed by atoms with E-state index < -0.39 is 29.6 Å². The molecule has 2 aliphatic rings. The number of rotatable bonds is 8. The fourth-order valence-electron chi connectivity index (χ4n) is 3.94. The Bertz CT molecular complexity index is 1000. The molecule has 0 saturated heterocycles. The summed E-state index contributed by atoms with van der Waals surface area (Å²) in [6, 6.07) is 16.0. The van der Waals surface area contributed by atoms with Crippen molar-refractivity contribution in [1.82, 2.24) is 10.8 Å². The van der Waals surface area contributed by atoms with Gasteiger partial charge in [-0.2, -0.15) is 0 Å². The average Bonchev–Trinajstić information content (AvgIpc) is 3.54. The van der Waals surface area contributed by atoms with E-state index in [0.717, 1.165) is 35.1 Å². The molecule has 8 nitrogen and oxygen atoms in total. The average molecular weight is 438 g/mol. The fraction of sp³-hybridized carbons (Fsp3) is 0.375. The number of ether oxygens (including phenoxy) is 1. The fourth-order valence-corrected chi connectivity index (χ4v) is 3.94. The monoisotopic (exact) mass is 438 g/mol. The number of carbonyl (C=O) groups is 3. The first-order valence-corrected chi connectivity index (χ1v) is 10.6. The number of nitrogens with one attached hydrogen (secondary N) is 2. The number of carboxylic acids is 1. The summed E-state index contributed by atoms with van der Waals surface area (Å²) in [4.78, 5) is 41.2. The standard InChI is InChI=1S/C24H26N2O6/c1-24(2,22(29)26-32-20(21(27)28)14-11-12-14)25-23(30)31-13-19-17-9-5-3-7-15(17)16-8-4-6-10-18(16)19/h3-10,14,19-20H,11-13H2,1-2H3,(H,25,30)(H,26,29)(H,27,28). The smallest absolute Gasteiger partial charge is 0.408 e. The number of hydrogen-bond donors (Lipinski definition) is 3. The molecule has 1 atom stereocenters. The Labute approximate surface area is 185 Å². The first-order chi connectivity index (χ1) is 15.3. The van der Waals surface area contributed by atoms with Crippen LogP contribution < -0.4 is 10.8 Å². The van der Waals surface area contributed by atoms with Gasteiger partial charge in [-0.3, -0.25) is 9.63 Å². The number of carbonyl (C=O) groups excluding carboxylic acids is 2. The molecule has 0 spiro atoms. The molecule has 2 aliphatic carbocycles. The van der Waals surface area contributed by atoms with Gasteiger partial charge in [0.25, 0.3) is 5.91 Å². The molecule has 0 aliphatic heterocycles. The molecule has 0 aromatic heterocycles. The van der Waals surface area contributed by atoms with Crippen LogP contribution in [-0.2, 0) is 19.2 Å². The van der Waals surface area contributed by atoms with Gasteiger partial charge in [0.1, 0.15) is 12.1 Å². The van der Waals surface area contributed by atoms with E-state index in [0.29, 0.717) is 0 Å². The Morgan fingerprint density at radius 2 is 1.59 bits per heavy atom. The van der Waals surface area contributed by atoms with Crippen molar-refractivity contribution >= 4 is 18.0 Å². The summed E-state index contributed by atoms with van der Waals surface area (Å²) in [6.45, 7) is 3.09. The molecule has 1 saturated carbocycles. The van der Waals surface area contributed by atoms with Crippen molar-refractivity contribution in [3.05, 3.63) is 59.7 Å². The minimum Gasteiger partial charge on any atom is -0.479 e. The van der Waals surface area contributed by atoms with Crippen molar-refractivity contribution in [3.8, 4) is 11.1 Å². The van der Waals surface area contributed by atoms with Gasteiger partial charge in [-0.15, -0.1) is 0 Å². The summed E-state index contributed by atoms with van der Waals surface area (Å²) in [5.74, 6) is -2.00. The van der Waals surface area contributed by atoms with E-state index >= 15 is 0 Å². The van der Waals surface area contributed by atoms with Crippen molar-refractivity contribution in [2.75, 3.05) is 6.61 Å². The Morgan fingerprint density at radius 3 is 2.12 bits per heavy atom. The molecule has 1 unspecified atom stereocenters. The largest absolute Gasteiger partial charge is 0.479 e. The van der Waals surface area contributed by atoms with E-state index in [1.54, 1.807) is 0 Å². The number of amides is 2. The van der Waals surface area contributed by atoms with Gasteiger partial charge < -0.3 is 15.2 Å². The highest BCUT2D eigenvalue weighted by Gasteiger charge is 2.39. The zero-order valence-electron chi connectivity index (χ0n) is 18.0. The first kappa shape index (κ1) is 21.8. The molecule has 8 heteroatoms. The Hall–Kier alpha value is -3.39. The Kier molecular flexibility index (Phi) is 5.88. The quantitative estimate of drug-likeness (QED) is 0.546. The van der Waals surface area contributed by atoms with Crippen molar-refractivity contribution in [1.29, 1.82) is 0 Å². The van der Waals surface area contributed by atoms with Gasteiger partial charge in [0, 0.05) is 5.92 Å². The van der Waals surface area contributed by atoms with Gasteiger partial charge in [0.2, 0.25) is 0 Å². The normalized spacial score (nSPS) is 15.9. The molecule has 32 heavy (non-hydrogen) atoms. The van der Waals surface area contributed by atoms with E-state index in [1.807, 2.05) is 48.5 Å². The van der Waals surface area contributed by atoms with Crippen LogP contribution in [0.25, 0.3) is 11.1 Å². The summed E-state index contributed by atoms with van der Waals surface area (Å²) in [6.07, 6.45) is -0.351. The van der Waals surface area contributed by atoms with Gasteiger partial charge >= 0.3 is 12.1 Å². The van der Waals surface area contributed by atoms with E-state index in [1.165, 1.54) is 13.8 Å². The molecule has 168 valence electrons. The third kappa shape index (κ3) is 4.45. The Morgan fingerprint density at radius 1 is 1.03 bits per heavy atom. The van der Waals surface area contributed by atoms with E-state index in [9.17, 15) is 19.5 Å². The molecule has 2 aromatic rings. The second-order valence-electron chi connectivity index (χ2n) is 8.72. The molecule has 2 amide bonds. The van der Waals surface area contributed by atoms with Crippen molar-refractivity contribution in [3.63, 3.8) is 0 Å². The van der Waals surface area contributed by atoms with Gasteiger partial charge in [-0.25, -0.2) is 15.1 Å². The van der Waals surface area contributed by atoms with Crippen LogP contribution >= 0.6 is 0 Å². The Balaban J connectivity index is 1.34. The van der Waals surface area contributed by atoms with Crippen LogP contribution in [0.3, 0.4) is 0 Å². The highest BCUT2D eigenvalue weighted by Crippen LogP contribution is 2.44. The molecule has 0 radical (unpaired) electrons. The molecule has 0 heterocycles. The number of carboxylic acid groups (broad SMARTS) is 1. The predicted molar refractivity (Wildman–Crippen MR) is 116 cm³/mol. The third-order valence-electron chi connectivity index (χ3n) is 5.90. The maximum absolute atomic E-state index is 12.5. The lowest BCUT2D eigenvalue weighted by atomic mass is 9.98. The summed E-state index contributed by atoms with van der Waals surface area (Å²) in [5, 5.41) is 11.7. The van der Waals surface area contributed by atoms with Crippen molar-refractivity contribution < 1.29 is 29.1 Å². The van der Waals surface area contributed by atoms with E-state index in [-0.39, 0.29) is 18.4 Å². The topological polar surface area (TPSA) is 114 Å². The summed E-state index contributed by atoms with van der Waals surface area (Å²) >= 11 is 0. The minimum absolute atomic E-state index is 0.0942. The van der Waals surface area contributed by atoms with Gasteiger partial charge in [-0.1, -0.05) is 48.5 Å². The number of aliphatic carboxylic acids is 1. The third-order valence-corrected chi connectivity index (χ3v) is 5.90. The van der Waals surface area contributed by atoms with Crippen LogP contribution in [0.1, 0.15) is 43.7 Å². The van der Waals surface area contributed by atoms with Gasteiger partial charge in [-0.05, 0) is 54.9 Å². The molecule has 0 bridgehead atoms. The van der Waals surface area contributed by atoms with E-state index in [4.69, 9.17) is 9.57 Å². The van der Waals surface area contributed by atoms with Gasteiger partial charge in [0.05, 0.1) is 0 Å². The SMILES string of the molecule is CC(C)(NC(=O)OCC1c2ccccc2-c2ccccc21)C(=O)NOC(C(=O)O)C1CC1. The zero-order chi connectivity index (χ0) is 22.9. The number of alkyl carbamates (subject to hydrolysis) is 1. The number of fused-ring (bicyclic) bond motifs is 3. The second-order valence-corrected chi connectivity index (χ2v) is 8.72. The maximum Gasteiger partial charge on any atom is 0.408 e. The van der Waals surface area contributed by atoms with Crippen LogP contribution in [0.4, 0.5) is 4.79 Å². The molecule has 4 rings (SSSR count). The molecule has 3 N–H and O–H groups in total. The number of hydroxylamine groups is 1.